The van der Waals surface area contributed by atoms with E-state index in [9.17, 15) is 9.59 Å². The third kappa shape index (κ3) is 6.00. The van der Waals surface area contributed by atoms with Crippen molar-refractivity contribution in [1.82, 2.24) is 15.3 Å². The summed E-state index contributed by atoms with van der Waals surface area (Å²) in [6.45, 7) is 0.567. The van der Waals surface area contributed by atoms with Crippen LogP contribution >= 0.6 is 0 Å². The smallest absolute Gasteiger partial charge is 0.305 e. The summed E-state index contributed by atoms with van der Waals surface area (Å²) in [7, 11) is 4.55. The fraction of sp³-hybridized carbons (Fsp3) is 0.450. The van der Waals surface area contributed by atoms with Crippen molar-refractivity contribution in [2.24, 2.45) is 0 Å². The van der Waals surface area contributed by atoms with Gasteiger partial charge in [-0.1, -0.05) is 12.8 Å². The van der Waals surface area contributed by atoms with Crippen molar-refractivity contribution in [3.63, 3.8) is 0 Å². The maximum Gasteiger partial charge on any atom is 0.305 e. The molecule has 28 heavy (non-hydrogen) atoms. The van der Waals surface area contributed by atoms with E-state index in [0.717, 1.165) is 31.2 Å². The molecule has 0 saturated heterocycles. The van der Waals surface area contributed by atoms with E-state index in [4.69, 9.17) is 9.47 Å². The zero-order valence-corrected chi connectivity index (χ0v) is 16.5. The summed E-state index contributed by atoms with van der Waals surface area (Å²) in [4.78, 5) is 30.6. The zero-order chi connectivity index (χ0) is 20.4. The first-order valence-corrected chi connectivity index (χ1v) is 9.21. The van der Waals surface area contributed by atoms with Crippen LogP contribution in [0.4, 0.5) is 0 Å². The fourth-order valence-electron chi connectivity index (χ4n) is 2.71. The number of esters is 1. The van der Waals surface area contributed by atoms with Crippen LogP contribution in [-0.4, -0.2) is 49.7 Å². The highest BCUT2D eigenvalue weighted by Gasteiger charge is 2.14. The maximum absolute atomic E-state index is 12.3. The molecule has 0 fully saturated rings. The van der Waals surface area contributed by atoms with Gasteiger partial charge in [0.05, 0.1) is 33.1 Å². The van der Waals surface area contributed by atoms with Crippen LogP contribution in [0.5, 0.6) is 11.5 Å². The summed E-state index contributed by atoms with van der Waals surface area (Å²) in [5, 5.41) is 2.87. The number of H-pyrrole nitrogens is 1. The number of hydrogen-bond acceptors (Lipinski definition) is 6. The first kappa shape index (κ1) is 21.3. The highest BCUT2D eigenvalue weighted by atomic mass is 16.5. The number of aromatic nitrogens is 2. The Morgan fingerprint density at radius 2 is 1.86 bits per heavy atom. The summed E-state index contributed by atoms with van der Waals surface area (Å²) in [5.41, 5.74) is 1.13. The van der Waals surface area contributed by atoms with Crippen LogP contribution < -0.4 is 14.8 Å². The maximum atomic E-state index is 12.3. The van der Waals surface area contributed by atoms with E-state index < -0.39 is 0 Å². The van der Waals surface area contributed by atoms with E-state index in [-0.39, 0.29) is 11.9 Å². The molecule has 0 aliphatic rings. The van der Waals surface area contributed by atoms with E-state index in [2.05, 4.69) is 20.0 Å². The van der Waals surface area contributed by atoms with Gasteiger partial charge in [0.25, 0.3) is 5.91 Å². The third-order valence-electron chi connectivity index (χ3n) is 4.31. The lowest BCUT2D eigenvalue weighted by Crippen LogP contribution is -2.24. The Kier molecular flexibility index (Phi) is 8.33. The van der Waals surface area contributed by atoms with Crippen LogP contribution in [0.15, 0.2) is 24.4 Å². The van der Waals surface area contributed by atoms with Crippen molar-refractivity contribution in [2.45, 2.75) is 32.1 Å². The van der Waals surface area contributed by atoms with Gasteiger partial charge in [0.2, 0.25) is 0 Å². The predicted molar refractivity (Wildman–Crippen MR) is 105 cm³/mol. The molecule has 152 valence electrons. The molecule has 0 bridgehead atoms. The molecule has 1 aromatic heterocycles. The Morgan fingerprint density at radius 3 is 2.57 bits per heavy atom. The van der Waals surface area contributed by atoms with E-state index in [1.807, 2.05) is 6.07 Å². The SMILES string of the molecule is COC(=O)CCCCCCNC(=O)c1cnc(-c2ccc(OC)cc2OC)[nH]1. The van der Waals surface area contributed by atoms with E-state index in [1.54, 1.807) is 26.4 Å². The molecule has 0 unspecified atom stereocenters. The Labute approximate surface area is 164 Å². The van der Waals surface area contributed by atoms with Crippen LogP contribution in [-0.2, 0) is 9.53 Å². The van der Waals surface area contributed by atoms with Crippen molar-refractivity contribution in [3.05, 3.63) is 30.1 Å². The quantitative estimate of drug-likeness (QED) is 0.452. The minimum atomic E-state index is -0.208. The summed E-state index contributed by atoms with van der Waals surface area (Å²) < 4.78 is 15.2. The number of ether oxygens (including phenoxy) is 3. The second kappa shape index (κ2) is 11.0. The van der Waals surface area contributed by atoms with Gasteiger partial charge in [-0.3, -0.25) is 9.59 Å². The van der Waals surface area contributed by atoms with Gasteiger partial charge in [0, 0.05) is 19.0 Å². The summed E-state index contributed by atoms with van der Waals surface area (Å²) >= 11 is 0. The third-order valence-corrected chi connectivity index (χ3v) is 4.31. The predicted octanol–water partition coefficient (Wildman–Crippen LogP) is 2.95. The number of nitrogens with one attached hydrogen (secondary N) is 2. The van der Waals surface area contributed by atoms with E-state index in [1.165, 1.54) is 13.3 Å². The van der Waals surface area contributed by atoms with Crippen LogP contribution in [0, 0.1) is 0 Å². The molecule has 8 heteroatoms. The van der Waals surface area contributed by atoms with Gasteiger partial charge in [0.15, 0.2) is 0 Å². The summed E-state index contributed by atoms with van der Waals surface area (Å²) in [5.74, 6) is 1.44. The monoisotopic (exact) mass is 389 g/mol. The van der Waals surface area contributed by atoms with Gasteiger partial charge in [-0.05, 0) is 25.0 Å². The fourth-order valence-corrected chi connectivity index (χ4v) is 2.71. The molecule has 0 atom stereocenters. The number of nitrogens with zero attached hydrogens (tertiary/aromatic N) is 1. The van der Waals surface area contributed by atoms with E-state index in [0.29, 0.717) is 36.0 Å². The molecule has 0 radical (unpaired) electrons. The molecule has 0 spiro atoms. The van der Waals surface area contributed by atoms with Crippen molar-refractivity contribution < 1.29 is 23.8 Å². The van der Waals surface area contributed by atoms with Crippen LogP contribution in [0.2, 0.25) is 0 Å². The number of benzene rings is 1. The number of carbonyl (C=O) groups is 2. The van der Waals surface area contributed by atoms with Crippen LogP contribution in [0.1, 0.15) is 42.6 Å². The normalized spacial score (nSPS) is 10.4. The number of aromatic amines is 1. The Balaban J connectivity index is 1.82. The molecular formula is C20H27N3O5. The second-order valence-electron chi connectivity index (χ2n) is 6.21. The van der Waals surface area contributed by atoms with Crippen LogP contribution in [0.3, 0.4) is 0 Å². The lowest BCUT2D eigenvalue weighted by molar-refractivity contribution is -0.140. The number of unbranched alkanes of at least 4 members (excludes halogenated alkanes) is 3. The standard InChI is InChI=1S/C20H27N3O5/c1-26-14-9-10-15(17(12-14)27-2)19-22-13-16(23-19)20(25)21-11-7-5-4-6-8-18(24)28-3/h9-10,12-13H,4-8,11H2,1-3H3,(H,21,25)(H,22,23). The number of rotatable bonds is 11. The minimum Gasteiger partial charge on any atom is -0.497 e. The average Bonchev–Trinajstić information content (AvgIpc) is 3.22. The molecule has 1 heterocycles. The number of carbonyl (C=O) groups excluding carboxylic acids is 2. The van der Waals surface area contributed by atoms with Crippen molar-refractivity contribution >= 4 is 11.9 Å². The second-order valence-corrected chi connectivity index (χ2v) is 6.21. The van der Waals surface area contributed by atoms with Crippen molar-refractivity contribution in [1.29, 1.82) is 0 Å². The highest BCUT2D eigenvalue weighted by molar-refractivity contribution is 5.92. The van der Waals surface area contributed by atoms with Gasteiger partial charge in [-0.2, -0.15) is 0 Å². The van der Waals surface area contributed by atoms with Crippen LogP contribution in [0.25, 0.3) is 11.4 Å². The molecule has 0 aliphatic carbocycles. The minimum absolute atomic E-state index is 0.183. The Morgan fingerprint density at radius 1 is 1.07 bits per heavy atom. The van der Waals surface area contributed by atoms with Gasteiger partial charge < -0.3 is 24.5 Å². The number of hydrogen-bond donors (Lipinski definition) is 2. The Hall–Kier alpha value is -3.03. The lowest BCUT2D eigenvalue weighted by Gasteiger charge is -2.08. The molecule has 1 aromatic carbocycles. The highest BCUT2D eigenvalue weighted by Crippen LogP contribution is 2.31. The number of methoxy groups -OCH3 is 3. The zero-order valence-electron chi connectivity index (χ0n) is 16.5. The molecule has 1 amide bonds. The molecule has 0 aliphatic heterocycles. The van der Waals surface area contributed by atoms with Gasteiger partial charge >= 0.3 is 5.97 Å². The lowest BCUT2D eigenvalue weighted by atomic mass is 10.1. The summed E-state index contributed by atoms with van der Waals surface area (Å²) in [6, 6.07) is 5.39. The van der Waals surface area contributed by atoms with Crippen molar-refractivity contribution in [2.75, 3.05) is 27.9 Å². The molecule has 2 aromatic rings. The van der Waals surface area contributed by atoms with E-state index >= 15 is 0 Å². The molecule has 2 rings (SSSR count). The molecule has 0 saturated carbocycles. The van der Waals surface area contributed by atoms with Gasteiger partial charge in [-0.25, -0.2) is 4.98 Å². The first-order chi connectivity index (χ1) is 13.6. The molecule has 2 N–H and O–H groups in total. The number of imidazole rings is 1. The molecule has 8 nitrogen and oxygen atoms in total. The topological polar surface area (TPSA) is 103 Å². The average molecular weight is 389 g/mol. The van der Waals surface area contributed by atoms with Gasteiger partial charge in [0.1, 0.15) is 23.0 Å². The van der Waals surface area contributed by atoms with Gasteiger partial charge in [-0.15, -0.1) is 0 Å². The number of amides is 1. The van der Waals surface area contributed by atoms with Crippen molar-refractivity contribution in [3.8, 4) is 22.9 Å². The largest absolute Gasteiger partial charge is 0.497 e. The molecular weight excluding hydrogens is 362 g/mol. The summed E-state index contributed by atoms with van der Waals surface area (Å²) in [6.07, 6.45) is 5.46. The Bertz CT molecular complexity index is 788. The first-order valence-electron chi connectivity index (χ1n) is 9.21.